The lowest BCUT2D eigenvalue weighted by Gasteiger charge is -2.33. The molecule has 0 saturated carbocycles. The molecule has 0 bridgehead atoms. The summed E-state index contributed by atoms with van der Waals surface area (Å²) in [5.74, 6) is 0. The van der Waals surface area contributed by atoms with Crippen LogP contribution in [0.3, 0.4) is 0 Å². The molecule has 31 heavy (non-hydrogen) atoms. The number of thiazole rings is 1. The average molecular weight is 476 g/mol. The fourth-order valence-electron chi connectivity index (χ4n) is 3.56. The van der Waals surface area contributed by atoms with E-state index in [0.717, 1.165) is 22.0 Å². The van der Waals surface area contributed by atoms with E-state index in [2.05, 4.69) is 25.7 Å². The van der Waals surface area contributed by atoms with E-state index in [1.807, 2.05) is 41.8 Å². The molecule has 2 aromatic carbocycles. The van der Waals surface area contributed by atoms with E-state index >= 15 is 0 Å². The molecule has 3 aromatic rings. The van der Waals surface area contributed by atoms with Crippen LogP contribution in [0.4, 0.5) is 5.13 Å². The molecular weight excluding hydrogens is 450 g/mol. The molecule has 0 aliphatic carbocycles. The second-order valence-corrected chi connectivity index (χ2v) is 11.9. The number of anilines is 1. The van der Waals surface area contributed by atoms with Gasteiger partial charge in [-0.1, -0.05) is 56.6 Å². The molecule has 1 aliphatic rings. The minimum Gasteiger partial charge on any atom is -0.345 e. The maximum absolute atomic E-state index is 13.1. The maximum Gasteiger partial charge on any atom is 0.243 e. The Morgan fingerprint density at radius 3 is 2.13 bits per heavy atom. The molecular formula is C23H26ClN3O2S2. The van der Waals surface area contributed by atoms with Crippen LogP contribution < -0.4 is 4.90 Å². The van der Waals surface area contributed by atoms with Gasteiger partial charge >= 0.3 is 0 Å². The molecule has 0 atom stereocenters. The van der Waals surface area contributed by atoms with Crippen LogP contribution in [-0.4, -0.2) is 43.9 Å². The van der Waals surface area contributed by atoms with E-state index in [0.29, 0.717) is 36.1 Å². The Bertz CT molecular complexity index is 1140. The first-order chi connectivity index (χ1) is 14.6. The van der Waals surface area contributed by atoms with Crippen molar-refractivity contribution in [3.63, 3.8) is 0 Å². The zero-order valence-electron chi connectivity index (χ0n) is 17.9. The highest BCUT2D eigenvalue weighted by molar-refractivity contribution is 7.89. The molecule has 0 radical (unpaired) electrons. The highest BCUT2D eigenvalue weighted by Crippen LogP contribution is 2.30. The first-order valence-electron chi connectivity index (χ1n) is 10.2. The molecule has 0 unspecified atom stereocenters. The van der Waals surface area contributed by atoms with Crippen LogP contribution in [-0.2, 0) is 15.4 Å². The van der Waals surface area contributed by atoms with E-state index in [1.54, 1.807) is 27.8 Å². The topological polar surface area (TPSA) is 53.5 Å². The lowest BCUT2D eigenvalue weighted by molar-refractivity contribution is 0.384. The quantitative estimate of drug-likeness (QED) is 0.515. The van der Waals surface area contributed by atoms with Gasteiger partial charge < -0.3 is 4.90 Å². The number of hydrogen-bond acceptors (Lipinski definition) is 5. The lowest BCUT2D eigenvalue weighted by Crippen LogP contribution is -2.48. The Morgan fingerprint density at radius 1 is 0.935 bits per heavy atom. The average Bonchev–Trinajstić information content (AvgIpc) is 3.24. The smallest absolute Gasteiger partial charge is 0.243 e. The molecule has 1 aliphatic heterocycles. The number of rotatable bonds is 4. The van der Waals surface area contributed by atoms with Crippen molar-refractivity contribution in [3.05, 3.63) is 64.5 Å². The first-order valence-corrected chi connectivity index (χ1v) is 12.9. The molecule has 2 heterocycles. The summed E-state index contributed by atoms with van der Waals surface area (Å²) in [6.07, 6.45) is 0. The summed E-state index contributed by atoms with van der Waals surface area (Å²) < 4.78 is 27.8. The molecule has 1 aromatic heterocycles. The van der Waals surface area contributed by atoms with Crippen molar-refractivity contribution in [2.24, 2.45) is 0 Å². The van der Waals surface area contributed by atoms with Crippen molar-refractivity contribution in [1.82, 2.24) is 9.29 Å². The van der Waals surface area contributed by atoms with Gasteiger partial charge in [0, 0.05) is 42.1 Å². The number of piperazine rings is 1. The molecule has 1 fully saturated rings. The van der Waals surface area contributed by atoms with E-state index < -0.39 is 10.0 Å². The summed E-state index contributed by atoms with van der Waals surface area (Å²) >= 11 is 7.55. The summed E-state index contributed by atoms with van der Waals surface area (Å²) in [4.78, 5) is 7.25. The van der Waals surface area contributed by atoms with Crippen molar-refractivity contribution in [2.45, 2.75) is 31.1 Å². The third kappa shape index (κ3) is 4.80. The monoisotopic (exact) mass is 475 g/mol. The SMILES string of the molecule is CC(C)(C)c1ccc(S(=O)(=O)N2CCN(c3nc(-c4ccc(Cl)cc4)cs3)CC2)cc1. The van der Waals surface area contributed by atoms with Gasteiger partial charge in [-0.05, 0) is 35.2 Å². The number of sulfonamides is 1. The predicted molar refractivity (Wildman–Crippen MR) is 129 cm³/mol. The summed E-state index contributed by atoms with van der Waals surface area (Å²) in [7, 11) is -3.49. The Hall–Kier alpha value is -1.93. The van der Waals surface area contributed by atoms with Crippen LogP contribution in [0.1, 0.15) is 26.3 Å². The number of nitrogens with zero attached hydrogens (tertiary/aromatic N) is 3. The van der Waals surface area contributed by atoms with Gasteiger partial charge in [-0.3, -0.25) is 0 Å². The number of halogens is 1. The lowest BCUT2D eigenvalue weighted by atomic mass is 9.87. The van der Waals surface area contributed by atoms with Gasteiger partial charge in [0.05, 0.1) is 10.6 Å². The summed E-state index contributed by atoms with van der Waals surface area (Å²) in [5, 5.41) is 3.64. The van der Waals surface area contributed by atoms with Gasteiger partial charge in [0.25, 0.3) is 0 Å². The Kier molecular flexibility index (Phi) is 6.14. The molecule has 5 nitrogen and oxygen atoms in total. The summed E-state index contributed by atoms with van der Waals surface area (Å²) in [6.45, 7) is 8.48. The van der Waals surface area contributed by atoms with E-state index in [9.17, 15) is 8.42 Å². The molecule has 164 valence electrons. The molecule has 8 heteroatoms. The molecule has 1 saturated heterocycles. The van der Waals surface area contributed by atoms with E-state index in [4.69, 9.17) is 16.6 Å². The van der Waals surface area contributed by atoms with Crippen LogP contribution in [0, 0.1) is 0 Å². The molecule has 4 rings (SSSR count). The van der Waals surface area contributed by atoms with Crippen molar-refractivity contribution in [3.8, 4) is 11.3 Å². The van der Waals surface area contributed by atoms with Gasteiger partial charge in [-0.25, -0.2) is 13.4 Å². The molecule has 0 amide bonds. The third-order valence-corrected chi connectivity index (χ3v) is 8.57. The summed E-state index contributed by atoms with van der Waals surface area (Å²) in [5.41, 5.74) is 3.04. The van der Waals surface area contributed by atoms with E-state index in [1.165, 1.54) is 0 Å². The fraction of sp³-hybridized carbons (Fsp3) is 0.348. The Morgan fingerprint density at radius 2 is 1.55 bits per heavy atom. The van der Waals surface area contributed by atoms with Crippen molar-refractivity contribution in [1.29, 1.82) is 0 Å². The maximum atomic E-state index is 13.1. The van der Waals surface area contributed by atoms with Crippen LogP contribution in [0.15, 0.2) is 58.8 Å². The number of hydrogen-bond donors (Lipinski definition) is 0. The first kappa shape index (κ1) is 22.3. The number of aromatic nitrogens is 1. The van der Waals surface area contributed by atoms with Crippen LogP contribution in [0.2, 0.25) is 5.02 Å². The van der Waals surface area contributed by atoms with Gasteiger partial charge in [0.15, 0.2) is 5.13 Å². The van der Waals surface area contributed by atoms with Crippen LogP contribution in [0.25, 0.3) is 11.3 Å². The molecule has 0 N–H and O–H groups in total. The van der Waals surface area contributed by atoms with Crippen molar-refractivity contribution < 1.29 is 8.42 Å². The van der Waals surface area contributed by atoms with Crippen molar-refractivity contribution in [2.75, 3.05) is 31.1 Å². The van der Waals surface area contributed by atoms with Crippen LogP contribution in [0.5, 0.6) is 0 Å². The molecule has 0 spiro atoms. The Balaban J connectivity index is 1.43. The van der Waals surface area contributed by atoms with E-state index in [-0.39, 0.29) is 5.41 Å². The van der Waals surface area contributed by atoms with Gasteiger partial charge in [-0.15, -0.1) is 11.3 Å². The minimum absolute atomic E-state index is 0.00745. The Labute approximate surface area is 193 Å². The second-order valence-electron chi connectivity index (χ2n) is 8.69. The van der Waals surface area contributed by atoms with Gasteiger partial charge in [-0.2, -0.15) is 4.31 Å². The number of benzene rings is 2. The largest absolute Gasteiger partial charge is 0.345 e. The zero-order valence-corrected chi connectivity index (χ0v) is 20.3. The second kappa shape index (κ2) is 8.54. The highest BCUT2D eigenvalue weighted by Gasteiger charge is 2.29. The fourth-order valence-corrected chi connectivity index (χ4v) is 6.00. The highest BCUT2D eigenvalue weighted by atomic mass is 35.5. The van der Waals surface area contributed by atoms with Crippen molar-refractivity contribution >= 4 is 38.1 Å². The minimum atomic E-state index is -3.49. The normalized spacial score (nSPS) is 15.9. The van der Waals surface area contributed by atoms with Gasteiger partial charge in [0.2, 0.25) is 10.0 Å². The van der Waals surface area contributed by atoms with Crippen LogP contribution >= 0.6 is 22.9 Å². The predicted octanol–water partition coefficient (Wildman–Crippen LogP) is 5.27. The standard InChI is InChI=1S/C23H26ClN3O2S2/c1-23(2,3)18-6-10-20(11-7-18)31(28,29)27-14-12-26(13-15-27)22-25-21(16-30-22)17-4-8-19(24)9-5-17/h4-11,16H,12-15H2,1-3H3. The zero-order chi connectivity index (χ0) is 22.2. The summed E-state index contributed by atoms with van der Waals surface area (Å²) in [6, 6.07) is 14.9. The third-order valence-electron chi connectivity index (χ3n) is 5.50. The van der Waals surface area contributed by atoms with Gasteiger partial charge in [0.1, 0.15) is 0 Å².